The first-order valence-corrected chi connectivity index (χ1v) is 6.90. The van der Waals surface area contributed by atoms with Gasteiger partial charge in [0.2, 0.25) is 0 Å². The van der Waals surface area contributed by atoms with Crippen molar-refractivity contribution < 1.29 is 15.0 Å². The number of aromatic hydroxyl groups is 2. The Morgan fingerprint density at radius 2 is 1.86 bits per heavy atom. The van der Waals surface area contributed by atoms with E-state index in [2.05, 4.69) is 14.1 Å². The summed E-state index contributed by atoms with van der Waals surface area (Å²) in [7, 11) is 0. The number of anilines is 1. The smallest absolute Gasteiger partial charge is 0.256 e. The van der Waals surface area contributed by atoms with E-state index in [-0.39, 0.29) is 17.1 Å². The van der Waals surface area contributed by atoms with Gasteiger partial charge in [-0.3, -0.25) is 4.79 Å². The van der Waals surface area contributed by atoms with Gasteiger partial charge < -0.3 is 15.5 Å². The molecule has 0 aliphatic heterocycles. The molecule has 106 valence electrons. The van der Waals surface area contributed by atoms with E-state index in [0.29, 0.717) is 21.7 Å². The number of phenolic OH excluding ortho intramolecular Hbond substituents is 2. The highest BCUT2D eigenvalue weighted by Gasteiger charge is 2.15. The minimum atomic E-state index is -0.524. The number of halogens is 1. The molecule has 6 nitrogen and oxygen atoms in total. The molecule has 1 aromatic heterocycles. The predicted molar refractivity (Wildman–Crippen MR) is 80.1 cm³/mol. The molecule has 1 heterocycles. The molecule has 2 aromatic carbocycles. The Labute approximate surface area is 128 Å². The third-order valence-electron chi connectivity index (χ3n) is 2.78. The second-order valence-corrected chi connectivity index (χ2v) is 5.18. The Morgan fingerprint density at radius 1 is 1.14 bits per heavy atom. The predicted octanol–water partition coefficient (Wildman–Crippen LogP) is 3.01. The molecule has 0 fully saturated rings. The van der Waals surface area contributed by atoms with Gasteiger partial charge in [0.1, 0.15) is 22.5 Å². The maximum atomic E-state index is 12.2. The molecule has 0 radical (unpaired) electrons. The van der Waals surface area contributed by atoms with E-state index >= 15 is 0 Å². The van der Waals surface area contributed by atoms with Gasteiger partial charge in [0, 0.05) is 11.6 Å². The number of carbonyl (C=O) groups is 1. The summed E-state index contributed by atoms with van der Waals surface area (Å²) >= 11 is 7.09. The first-order chi connectivity index (χ1) is 10.0. The lowest BCUT2D eigenvalue weighted by Crippen LogP contribution is -2.12. The van der Waals surface area contributed by atoms with Crippen LogP contribution in [0.3, 0.4) is 0 Å². The van der Waals surface area contributed by atoms with E-state index in [0.717, 1.165) is 17.8 Å². The minimum Gasteiger partial charge on any atom is -0.508 e. The fourth-order valence-electron chi connectivity index (χ4n) is 1.86. The number of benzene rings is 2. The van der Waals surface area contributed by atoms with Crippen molar-refractivity contribution in [3.8, 4) is 11.5 Å². The van der Waals surface area contributed by atoms with Crippen LogP contribution in [0.15, 0.2) is 30.3 Å². The lowest BCUT2D eigenvalue weighted by atomic mass is 10.1. The molecular formula is C13H8ClN3O3S. The largest absolute Gasteiger partial charge is 0.508 e. The molecular weight excluding hydrogens is 314 g/mol. The number of rotatable bonds is 2. The average molecular weight is 322 g/mol. The van der Waals surface area contributed by atoms with E-state index in [1.807, 2.05) is 0 Å². The van der Waals surface area contributed by atoms with Crippen molar-refractivity contribution in [2.24, 2.45) is 0 Å². The fourth-order valence-corrected chi connectivity index (χ4v) is 2.60. The number of nitrogens with one attached hydrogen (secondary N) is 1. The quantitative estimate of drug-likeness (QED) is 0.674. The summed E-state index contributed by atoms with van der Waals surface area (Å²) in [4.78, 5) is 12.2. The van der Waals surface area contributed by atoms with Crippen LogP contribution >= 0.6 is 23.3 Å². The van der Waals surface area contributed by atoms with Gasteiger partial charge in [0.15, 0.2) is 0 Å². The molecule has 1 amide bonds. The van der Waals surface area contributed by atoms with Crippen molar-refractivity contribution in [1.82, 2.24) is 8.75 Å². The van der Waals surface area contributed by atoms with Crippen LogP contribution in [0.25, 0.3) is 11.0 Å². The summed E-state index contributed by atoms with van der Waals surface area (Å²) in [5.41, 5.74) is 1.56. The SMILES string of the molecule is O=C(Nc1c(Cl)ccc2nsnc12)c1cc(O)cc(O)c1. The van der Waals surface area contributed by atoms with E-state index in [1.54, 1.807) is 12.1 Å². The van der Waals surface area contributed by atoms with Gasteiger partial charge in [-0.2, -0.15) is 8.75 Å². The lowest BCUT2D eigenvalue weighted by molar-refractivity contribution is 0.102. The monoisotopic (exact) mass is 321 g/mol. The number of aromatic nitrogens is 2. The first kappa shape index (κ1) is 13.6. The Bertz CT molecular complexity index is 830. The molecule has 3 N–H and O–H groups in total. The maximum absolute atomic E-state index is 12.2. The number of hydrogen-bond donors (Lipinski definition) is 3. The van der Waals surface area contributed by atoms with Crippen molar-refractivity contribution in [2.75, 3.05) is 5.32 Å². The minimum absolute atomic E-state index is 0.101. The summed E-state index contributed by atoms with van der Waals surface area (Å²) in [6, 6.07) is 6.93. The van der Waals surface area contributed by atoms with Gasteiger partial charge >= 0.3 is 0 Å². The molecule has 0 aliphatic carbocycles. The van der Waals surface area contributed by atoms with Crippen molar-refractivity contribution in [3.05, 3.63) is 40.9 Å². The van der Waals surface area contributed by atoms with Crippen LogP contribution in [-0.2, 0) is 0 Å². The van der Waals surface area contributed by atoms with Gasteiger partial charge in [-0.25, -0.2) is 0 Å². The van der Waals surface area contributed by atoms with Crippen molar-refractivity contribution in [3.63, 3.8) is 0 Å². The van der Waals surface area contributed by atoms with Gasteiger partial charge in [0.25, 0.3) is 5.91 Å². The van der Waals surface area contributed by atoms with E-state index < -0.39 is 5.91 Å². The molecule has 3 rings (SSSR count). The highest BCUT2D eigenvalue weighted by molar-refractivity contribution is 7.00. The van der Waals surface area contributed by atoms with Gasteiger partial charge in [-0.15, -0.1) is 0 Å². The molecule has 0 bridgehead atoms. The van der Waals surface area contributed by atoms with Crippen LogP contribution in [0.5, 0.6) is 11.5 Å². The van der Waals surface area contributed by atoms with E-state index in [9.17, 15) is 15.0 Å². The Hall–Kier alpha value is -2.38. The average Bonchev–Trinajstić information content (AvgIpc) is 2.89. The van der Waals surface area contributed by atoms with Crippen LogP contribution in [0.4, 0.5) is 5.69 Å². The molecule has 0 aliphatic rings. The molecule has 0 spiro atoms. The second-order valence-electron chi connectivity index (χ2n) is 4.25. The van der Waals surface area contributed by atoms with Crippen LogP contribution in [0, 0.1) is 0 Å². The first-order valence-electron chi connectivity index (χ1n) is 5.80. The maximum Gasteiger partial charge on any atom is 0.256 e. The topological polar surface area (TPSA) is 95.3 Å². The molecule has 21 heavy (non-hydrogen) atoms. The number of nitrogens with zero attached hydrogens (tertiary/aromatic N) is 2. The van der Waals surface area contributed by atoms with Gasteiger partial charge in [-0.05, 0) is 24.3 Å². The molecule has 3 aromatic rings. The number of fused-ring (bicyclic) bond motifs is 1. The number of hydrogen-bond acceptors (Lipinski definition) is 6. The Morgan fingerprint density at radius 3 is 2.57 bits per heavy atom. The van der Waals surface area contributed by atoms with Gasteiger partial charge in [-0.1, -0.05) is 11.6 Å². The normalized spacial score (nSPS) is 10.7. The molecule has 0 unspecified atom stereocenters. The summed E-state index contributed by atoms with van der Waals surface area (Å²) in [5.74, 6) is -0.942. The van der Waals surface area contributed by atoms with Crippen LogP contribution in [-0.4, -0.2) is 24.9 Å². The van der Waals surface area contributed by atoms with Gasteiger partial charge in [0.05, 0.1) is 22.4 Å². The van der Waals surface area contributed by atoms with Crippen LogP contribution < -0.4 is 5.32 Å². The molecule has 8 heteroatoms. The standard InChI is InChI=1S/C13H8ClN3O3S/c14-9-1-2-10-12(17-21-16-10)11(9)15-13(20)6-3-7(18)5-8(19)4-6/h1-5,18-19H,(H,15,20). The third kappa shape index (κ3) is 2.61. The summed E-state index contributed by atoms with van der Waals surface area (Å²) in [6.07, 6.45) is 0. The number of phenols is 2. The van der Waals surface area contributed by atoms with Crippen LogP contribution in [0.2, 0.25) is 5.02 Å². The number of amides is 1. The molecule has 0 atom stereocenters. The fraction of sp³-hybridized carbons (Fsp3) is 0. The highest BCUT2D eigenvalue weighted by atomic mass is 35.5. The summed E-state index contributed by atoms with van der Waals surface area (Å²) < 4.78 is 8.16. The van der Waals surface area contributed by atoms with E-state index in [4.69, 9.17) is 11.6 Å². The molecule has 0 saturated carbocycles. The highest BCUT2D eigenvalue weighted by Crippen LogP contribution is 2.30. The van der Waals surface area contributed by atoms with Crippen molar-refractivity contribution in [2.45, 2.75) is 0 Å². The zero-order valence-corrected chi connectivity index (χ0v) is 11.9. The summed E-state index contributed by atoms with van der Waals surface area (Å²) in [6.45, 7) is 0. The Balaban J connectivity index is 2.00. The second kappa shape index (κ2) is 5.19. The van der Waals surface area contributed by atoms with Crippen molar-refractivity contribution in [1.29, 1.82) is 0 Å². The third-order valence-corrected chi connectivity index (χ3v) is 3.64. The van der Waals surface area contributed by atoms with Crippen LogP contribution in [0.1, 0.15) is 10.4 Å². The molecule has 0 saturated heterocycles. The van der Waals surface area contributed by atoms with E-state index in [1.165, 1.54) is 12.1 Å². The zero-order valence-electron chi connectivity index (χ0n) is 10.4. The zero-order chi connectivity index (χ0) is 15.0. The lowest BCUT2D eigenvalue weighted by Gasteiger charge is -2.08. The Kier molecular flexibility index (Phi) is 3.36. The number of carbonyl (C=O) groups excluding carboxylic acids is 1. The van der Waals surface area contributed by atoms with Crippen molar-refractivity contribution >= 4 is 46.0 Å². The summed E-state index contributed by atoms with van der Waals surface area (Å²) in [5, 5.41) is 21.8.